The molecule has 0 unspecified atom stereocenters. The van der Waals surface area contributed by atoms with Gasteiger partial charge in [-0.05, 0) is 25.7 Å². The highest BCUT2D eigenvalue weighted by Crippen LogP contribution is 2.22. The van der Waals surface area contributed by atoms with E-state index in [2.05, 4.69) is 22.9 Å². The van der Waals surface area contributed by atoms with Crippen LogP contribution in [0.1, 0.15) is 32.1 Å². The molecule has 0 saturated heterocycles. The molecule has 1 aliphatic carbocycles. The van der Waals surface area contributed by atoms with Crippen LogP contribution in [0.25, 0.3) is 0 Å². The highest BCUT2D eigenvalue weighted by Gasteiger charge is 2.11. The van der Waals surface area contributed by atoms with Crippen LogP contribution in [-0.4, -0.2) is 15.4 Å². The summed E-state index contributed by atoms with van der Waals surface area (Å²) >= 11 is 3.82. The Hall–Kier alpha value is -0.0231. The maximum Gasteiger partial charge on any atom is 0.211 e. The number of rotatable bonds is 1. The van der Waals surface area contributed by atoms with Gasteiger partial charge in [-0.3, -0.25) is 4.79 Å². The van der Waals surface area contributed by atoms with E-state index in [0.717, 1.165) is 30.0 Å². The van der Waals surface area contributed by atoms with Gasteiger partial charge in [0.15, 0.2) is 0 Å². The summed E-state index contributed by atoms with van der Waals surface area (Å²) in [4.78, 5) is 10.9. The molecule has 0 aromatic heterocycles. The molecule has 1 rings (SSSR count). The van der Waals surface area contributed by atoms with Crippen molar-refractivity contribution in [3.63, 3.8) is 0 Å². The second kappa shape index (κ2) is 4.12. The molecule has 1 aliphatic rings. The fourth-order valence-electron chi connectivity index (χ4n) is 1.32. The van der Waals surface area contributed by atoms with Gasteiger partial charge in [0.25, 0.3) is 0 Å². The molecule has 0 atom stereocenters. The van der Waals surface area contributed by atoms with Gasteiger partial charge in [0.1, 0.15) is 0 Å². The minimum Gasteiger partial charge on any atom is -0.282 e. The molecule has 0 bridgehead atoms. The van der Waals surface area contributed by atoms with Crippen molar-refractivity contribution in [2.45, 2.75) is 32.1 Å². The lowest BCUT2D eigenvalue weighted by molar-refractivity contribution is -0.107. The van der Waals surface area contributed by atoms with E-state index in [1.165, 1.54) is 12.8 Å². The predicted molar refractivity (Wildman–Crippen MR) is 49.9 cm³/mol. The number of allylic oxidation sites excluding steroid dienone is 1. The maximum absolute atomic E-state index is 10.9. The smallest absolute Gasteiger partial charge is 0.211 e. The van der Waals surface area contributed by atoms with Crippen molar-refractivity contribution in [2.24, 2.45) is 0 Å². The van der Waals surface area contributed by atoms with E-state index < -0.39 is 0 Å². The van der Waals surface area contributed by atoms with Gasteiger partial charge in [0.2, 0.25) is 5.12 Å². The van der Waals surface area contributed by atoms with Gasteiger partial charge in [-0.15, -0.1) is 12.6 Å². The molecule has 59 valence electrons. The topological polar surface area (TPSA) is 17.1 Å². The minimum absolute atomic E-state index is 0.0723. The molecule has 3 heteroatoms. The number of thiol groups is 1. The third kappa shape index (κ3) is 2.49. The summed E-state index contributed by atoms with van der Waals surface area (Å²) < 4.78 is 0. The zero-order chi connectivity index (χ0) is 8.27. The zero-order valence-electron chi connectivity index (χ0n) is 6.39. The Bertz CT molecular complexity index is 198. The van der Waals surface area contributed by atoms with Gasteiger partial charge < -0.3 is 0 Å². The van der Waals surface area contributed by atoms with Crippen LogP contribution < -0.4 is 0 Å². The molecule has 0 spiro atoms. The van der Waals surface area contributed by atoms with Crippen molar-refractivity contribution >= 4 is 28.0 Å². The van der Waals surface area contributed by atoms with Crippen LogP contribution in [0.5, 0.6) is 0 Å². The summed E-state index contributed by atoms with van der Waals surface area (Å²) in [6.07, 6.45) is 5.41. The first-order valence-corrected chi connectivity index (χ1v) is 4.83. The summed E-state index contributed by atoms with van der Waals surface area (Å²) in [6, 6.07) is 0. The van der Waals surface area contributed by atoms with Crippen LogP contribution in [0.2, 0.25) is 0 Å². The molecule has 1 nitrogen and oxygen atoms in total. The molecule has 3 radical (unpaired) electrons. The second-order valence-corrected chi connectivity index (χ2v) is 3.83. The molecular formula is C8H11OSSi. The fraction of sp³-hybridized carbons (Fsp3) is 0.625. The van der Waals surface area contributed by atoms with Gasteiger partial charge in [-0.1, -0.05) is 11.6 Å². The van der Waals surface area contributed by atoms with E-state index >= 15 is 0 Å². The van der Waals surface area contributed by atoms with Crippen molar-refractivity contribution in [3.8, 4) is 0 Å². The van der Waals surface area contributed by atoms with Crippen molar-refractivity contribution in [2.75, 3.05) is 0 Å². The fourth-order valence-corrected chi connectivity index (χ4v) is 2.09. The van der Waals surface area contributed by atoms with E-state index in [0.29, 0.717) is 0 Å². The lowest BCUT2D eigenvalue weighted by Gasteiger charge is -2.02. The molecule has 11 heavy (non-hydrogen) atoms. The van der Waals surface area contributed by atoms with Crippen LogP contribution in [0.15, 0.2) is 10.8 Å². The van der Waals surface area contributed by atoms with Crippen molar-refractivity contribution in [3.05, 3.63) is 10.8 Å². The average molecular weight is 183 g/mol. The molecule has 0 aliphatic heterocycles. The van der Waals surface area contributed by atoms with E-state index in [4.69, 9.17) is 0 Å². The Labute approximate surface area is 76.1 Å². The van der Waals surface area contributed by atoms with Crippen molar-refractivity contribution < 1.29 is 4.79 Å². The molecule has 0 amide bonds. The van der Waals surface area contributed by atoms with Crippen LogP contribution in [0.4, 0.5) is 0 Å². The highest BCUT2D eigenvalue weighted by molar-refractivity contribution is 7.97. The molecular weight excluding hydrogens is 172 g/mol. The normalized spacial score (nSPS) is 19.8. The zero-order valence-corrected chi connectivity index (χ0v) is 8.29. The van der Waals surface area contributed by atoms with Gasteiger partial charge in [-0.2, -0.15) is 0 Å². The van der Waals surface area contributed by atoms with Gasteiger partial charge in [0, 0.05) is 5.57 Å². The van der Waals surface area contributed by atoms with E-state index in [9.17, 15) is 4.79 Å². The van der Waals surface area contributed by atoms with Crippen LogP contribution in [-0.2, 0) is 4.79 Å². The average Bonchev–Trinajstić information content (AvgIpc) is 2.13. The standard InChI is InChI=1S/C8H11OSSi/c9-8(10)6-4-2-1-3-5-7(6)11/h1-5H2,(H,9,10). The summed E-state index contributed by atoms with van der Waals surface area (Å²) in [5.74, 6) is 0. The Morgan fingerprint density at radius 2 is 1.91 bits per heavy atom. The lowest BCUT2D eigenvalue weighted by Crippen LogP contribution is -1.97. The van der Waals surface area contributed by atoms with Crippen LogP contribution in [0.3, 0.4) is 0 Å². The van der Waals surface area contributed by atoms with Gasteiger partial charge in [-0.25, -0.2) is 0 Å². The van der Waals surface area contributed by atoms with E-state index in [-0.39, 0.29) is 5.12 Å². The molecule has 0 heterocycles. The number of carbonyl (C=O) groups is 1. The highest BCUT2D eigenvalue weighted by atomic mass is 32.1. The third-order valence-electron chi connectivity index (χ3n) is 1.98. The first-order valence-electron chi connectivity index (χ1n) is 3.88. The summed E-state index contributed by atoms with van der Waals surface area (Å²) in [7, 11) is 3.47. The molecule has 0 saturated carbocycles. The Balaban J connectivity index is 2.76. The van der Waals surface area contributed by atoms with Crippen LogP contribution in [0, 0.1) is 0 Å². The molecule has 0 aromatic carbocycles. The third-order valence-corrected chi connectivity index (χ3v) is 2.80. The molecule has 0 N–H and O–H groups in total. The van der Waals surface area contributed by atoms with E-state index in [1.54, 1.807) is 0 Å². The summed E-state index contributed by atoms with van der Waals surface area (Å²) in [6.45, 7) is 0. The second-order valence-electron chi connectivity index (χ2n) is 2.82. The van der Waals surface area contributed by atoms with Gasteiger partial charge in [0.05, 0.1) is 10.2 Å². The Kier molecular flexibility index (Phi) is 3.39. The summed E-state index contributed by atoms with van der Waals surface area (Å²) in [5, 5.41) is 0.986. The quantitative estimate of drug-likeness (QED) is 0.485. The van der Waals surface area contributed by atoms with Crippen molar-refractivity contribution in [1.82, 2.24) is 0 Å². The Morgan fingerprint density at radius 1 is 1.27 bits per heavy atom. The summed E-state index contributed by atoms with van der Waals surface area (Å²) in [5.41, 5.74) is 0.877. The largest absolute Gasteiger partial charge is 0.282 e. The first-order chi connectivity index (χ1) is 5.22. The SMILES string of the molecule is O=C(S)C1=C([Si])CCCCC1. The number of hydrogen-bond donors (Lipinski definition) is 1. The minimum atomic E-state index is -0.0723. The first kappa shape index (κ1) is 9.07. The molecule has 0 fully saturated rings. The lowest BCUT2D eigenvalue weighted by atomic mass is 10.1. The Morgan fingerprint density at radius 3 is 2.55 bits per heavy atom. The maximum atomic E-state index is 10.9. The predicted octanol–water partition coefficient (Wildman–Crippen LogP) is 1.83. The number of hydrogen-bond acceptors (Lipinski definition) is 1. The van der Waals surface area contributed by atoms with Gasteiger partial charge >= 0.3 is 0 Å². The van der Waals surface area contributed by atoms with E-state index in [1.807, 2.05) is 0 Å². The number of carbonyl (C=O) groups excluding carboxylic acids is 1. The monoisotopic (exact) mass is 183 g/mol. The van der Waals surface area contributed by atoms with Crippen LogP contribution >= 0.6 is 12.6 Å². The van der Waals surface area contributed by atoms with Crippen molar-refractivity contribution in [1.29, 1.82) is 0 Å². The molecule has 0 aromatic rings.